The van der Waals surface area contributed by atoms with Crippen molar-refractivity contribution in [1.82, 2.24) is 14.7 Å². The minimum absolute atomic E-state index is 0.212. The van der Waals surface area contributed by atoms with Crippen LogP contribution < -0.4 is 5.32 Å². The third-order valence-corrected chi connectivity index (χ3v) is 4.12. The van der Waals surface area contributed by atoms with Gasteiger partial charge >= 0.3 is 0 Å². The average molecular weight is 269 g/mol. The lowest BCUT2D eigenvalue weighted by Crippen LogP contribution is -2.06. The van der Waals surface area contributed by atoms with Gasteiger partial charge in [-0.05, 0) is 37.1 Å². The maximum atomic E-state index is 13.8. The maximum Gasteiger partial charge on any atom is 0.174 e. The van der Waals surface area contributed by atoms with Gasteiger partial charge in [0.1, 0.15) is 11.6 Å². The van der Waals surface area contributed by atoms with E-state index in [9.17, 15) is 4.39 Å². The number of halogens is 1. The highest BCUT2D eigenvalue weighted by molar-refractivity contribution is 8.01. The second-order valence-electron chi connectivity index (χ2n) is 3.47. The average Bonchev–Trinajstić information content (AvgIpc) is 2.70. The normalized spacial score (nSPS) is 10.8. The van der Waals surface area contributed by atoms with E-state index in [0.717, 1.165) is 15.7 Å². The lowest BCUT2D eigenvalue weighted by Gasteiger charge is -2.07. The monoisotopic (exact) mass is 269 g/mol. The Hall–Kier alpha value is -0.980. The molecule has 1 aromatic carbocycles. The van der Waals surface area contributed by atoms with Crippen LogP contribution in [0.3, 0.4) is 0 Å². The molecule has 0 saturated heterocycles. The lowest BCUT2D eigenvalue weighted by molar-refractivity contribution is 0.594. The van der Waals surface area contributed by atoms with Gasteiger partial charge in [0.25, 0.3) is 0 Å². The number of benzene rings is 1. The van der Waals surface area contributed by atoms with E-state index in [1.165, 1.54) is 29.4 Å². The van der Waals surface area contributed by atoms with Crippen LogP contribution in [0.1, 0.15) is 11.4 Å². The molecule has 0 aliphatic rings. The molecule has 6 heteroatoms. The Kier molecular flexibility index (Phi) is 4.09. The number of rotatable bonds is 4. The summed E-state index contributed by atoms with van der Waals surface area (Å²) in [5.74, 6) is 0.514. The summed E-state index contributed by atoms with van der Waals surface area (Å²) in [4.78, 5) is 4.85. The van der Waals surface area contributed by atoms with Crippen LogP contribution in [0.2, 0.25) is 0 Å². The molecule has 17 heavy (non-hydrogen) atoms. The molecule has 0 atom stereocenters. The van der Waals surface area contributed by atoms with Crippen LogP contribution in [0.25, 0.3) is 0 Å². The van der Waals surface area contributed by atoms with Crippen LogP contribution >= 0.6 is 23.3 Å². The summed E-state index contributed by atoms with van der Waals surface area (Å²) in [6.07, 6.45) is 0. The molecule has 0 unspecified atom stereocenters. The van der Waals surface area contributed by atoms with E-state index in [1.54, 1.807) is 6.07 Å². The zero-order valence-corrected chi connectivity index (χ0v) is 11.2. The van der Waals surface area contributed by atoms with Gasteiger partial charge < -0.3 is 5.32 Å². The van der Waals surface area contributed by atoms with Crippen molar-refractivity contribution in [2.75, 3.05) is 7.05 Å². The molecule has 0 saturated carbocycles. The van der Waals surface area contributed by atoms with Crippen LogP contribution in [0.15, 0.2) is 27.4 Å². The summed E-state index contributed by atoms with van der Waals surface area (Å²) in [5, 5.41) is 3.03. The first-order chi connectivity index (χ1) is 8.20. The molecule has 90 valence electrons. The minimum Gasteiger partial charge on any atom is -0.316 e. The summed E-state index contributed by atoms with van der Waals surface area (Å²) in [7, 11) is 1.84. The molecular formula is C11H12FN3S2. The van der Waals surface area contributed by atoms with Crippen LogP contribution in [0.4, 0.5) is 4.39 Å². The molecule has 0 spiro atoms. The first kappa shape index (κ1) is 12.5. The van der Waals surface area contributed by atoms with Crippen molar-refractivity contribution in [2.24, 2.45) is 0 Å². The Morgan fingerprint density at radius 1 is 1.47 bits per heavy atom. The predicted molar refractivity (Wildman–Crippen MR) is 67.9 cm³/mol. The maximum absolute atomic E-state index is 13.8. The van der Waals surface area contributed by atoms with Crippen LogP contribution in [0, 0.1) is 12.7 Å². The highest BCUT2D eigenvalue weighted by Crippen LogP contribution is 2.33. The van der Waals surface area contributed by atoms with Gasteiger partial charge in [-0.3, -0.25) is 0 Å². The first-order valence-electron chi connectivity index (χ1n) is 5.11. The molecule has 0 aliphatic carbocycles. The zero-order valence-electron chi connectivity index (χ0n) is 9.53. The number of nitrogens with one attached hydrogen (secondary N) is 1. The van der Waals surface area contributed by atoms with E-state index in [2.05, 4.69) is 14.7 Å². The summed E-state index contributed by atoms with van der Waals surface area (Å²) < 4.78 is 18.6. The van der Waals surface area contributed by atoms with Gasteiger partial charge in [-0.25, -0.2) is 9.37 Å². The van der Waals surface area contributed by atoms with Crippen molar-refractivity contribution in [3.63, 3.8) is 0 Å². The van der Waals surface area contributed by atoms with Gasteiger partial charge in [0, 0.05) is 6.54 Å². The van der Waals surface area contributed by atoms with E-state index in [0.29, 0.717) is 11.4 Å². The molecule has 0 aliphatic heterocycles. The standard InChI is InChI=1S/C11H12FN3S2/c1-7-14-11(17-15-7)16-10-8(6-13-2)4-3-5-9(10)12/h3-5,13H,6H2,1-2H3. The number of hydrogen-bond donors (Lipinski definition) is 1. The van der Waals surface area contributed by atoms with E-state index in [1.807, 2.05) is 20.0 Å². The van der Waals surface area contributed by atoms with Crippen molar-refractivity contribution in [3.05, 3.63) is 35.4 Å². The highest BCUT2D eigenvalue weighted by atomic mass is 32.2. The van der Waals surface area contributed by atoms with Gasteiger partial charge in [0.2, 0.25) is 0 Å². The molecular weight excluding hydrogens is 257 g/mol. The van der Waals surface area contributed by atoms with Gasteiger partial charge in [0.15, 0.2) is 4.34 Å². The molecule has 0 fully saturated rings. The smallest absolute Gasteiger partial charge is 0.174 e. The van der Waals surface area contributed by atoms with E-state index in [4.69, 9.17) is 0 Å². The molecule has 3 nitrogen and oxygen atoms in total. The summed E-state index contributed by atoms with van der Waals surface area (Å²) in [6, 6.07) is 5.10. The van der Waals surface area contributed by atoms with Gasteiger partial charge in [-0.2, -0.15) is 4.37 Å². The highest BCUT2D eigenvalue weighted by Gasteiger charge is 2.12. The largest absolute Gasteiger partial charge is 0.316 e. The number of aryl methyl sites for hydroxylation is 1. The van der Waals surface area contributed by atoms with Gasteiger partial charge in [0.05, 0.1) is 4.90 Å². The van der Waals surface area contributed by atoms with Crippen molar-refractivity contribution in [1.29, 1.82) is 0 Å². The van der Waals surface area contributed by atoms with Gasteiger partial charge in [-0.15, -0.1) is 0 Å². The zero-order chi connectivity index (χ0) is 12.3. The van der Waals surface area contributed by atoms with E-state index < -0.39 is 0 Å². The molecule has 0 bridgehead atoms. The molecule has 2 rings (SSSR count). The predicted octanol–water partition coefficient (Wildman–Crippen LogP) is 2.86. The molecule has 0 radical (unpaired) electrons. The van der Waals surface area contributed by atoms with Crippen molar-refractivity contribution < 1.29 is 4.39 Å². The van der Waals surface area contributed by atoms with E-state index >= 15 is 0 Å². The van der Waals surface area contributed by atoms with Crippen molar-refractivity contribution >= 4 is 23.3 Å². The third kappa shape index (κ3) is 3.02. The van der Waals surface area contributed by atoms with Crippen molar-refractivity contribution in [2.45, 2.75) is 22.7 Å². The molecule has 1 aromatic heterocycles. The van der Waals surface area contributed by atoms with E-state index in [-0.39, 0.29) is 5.82 Å². The third-order valence-electron chi connectivity index (χ3n) is 2.11. The summed E-state index contributed by atoms with van der Waals surface area (Å²) in [5.41, 5.74) is 0.936. The first-order valence-corrected chi connectivity index (χ1v) is 6.70. The Bertz CT molecular complexity index is 513. The Balaban J connectivity index is 2.30. The fraction of sp³-hybridized carbons (Fsp3) is 0.273. The van der Waals surface area contributed by atoms with Crippen LogP contribution in [-0.2, 0) is 6.54 Å². The summed E-state index contributed by atoms with van der Waals surface area (Å²) >= 11 is 2.63. The van der Waals surface area contributed by atoms with Crippen LogP contribution in [-0.4, -0.2) is 16.4 Å². The Morgan fingerprint density at radius 3 is 2.94 bits per heavy atom. The fourth-order valence-corrected chi connectivity index (χ4v) is 3.13. The van der Waals surface area contributed by atoms with Gasteiger partial charge in [-0.1, -0.05) is 23.9 Å². The topological polar surface area (TPSA) is 37.8 Å². The summed E-state index contributed by atoms with van der Waals surface area (Å²) in [6.45, 7) is 2.47. The Labute approximate surface area is 108 Å². The minimum atomic E-state index is -0.212. The number of hydrogen-bond acceptors (Lipinski definition) is 5. The SMILES string of the molecule is CNCc1cccc(F)c1Sc1nc(C)ns1. The Morgan fingerprint density at radius 2 is 2.29 bits per heavy atom. The number of nitrogens with zero attached hydrogens (tertiary/aromatic N) is 2. The molecule has 1 heterocycles. The second kappa shape index (κ2) is 5.57. The molecule has 2 aromatic rings. The van der Waals surface area contributed by atoms with Crippen LogP contribution in [0.5, 0.6) is 0 Å². The fourth-order valence-electron chi connectivity index (χ4n) is 1.40. The molecule has 1 N–H and O–H groups in total. The quantitative estimate of drug-likeness (QED) is 0.926. The lowest BCUT2D eigenvalue weighted by atomic mass is 10.2. The number of aromatic nitrogens is 2. The molecule has 0 amide bonds. The van der Waals surface area contributed by atoms with Crippen molar-refractivity contribution in [3.8, 4) is 0 Å². The second-order valence-corrected chi connectivity index (χ2v) is 5.48.